The van der Waals surface area contributed by atoms with Gasteiger partial charge in [-0.3, -0.25) is 9.59 Å². The zero-order valence-electron chi connectivity index (χ0n) is 11.3. The molecule has 0 aliphatic heterocycles. The molecule has 0 aromatic heterocycles. The summed E-state index contributed by atoms with van der Waals surface area (Å²) in [4.78, 5) is 35.5. The molecule has 0 saturated carbocycles. The summed E-state index contributed by atoms with van der Waals surface area (Å²) in [6.45, 7) is -1.16. The number of amides is 2. The van der Waals surface area contributed by atoms with E-state index in [0.717, 1.165) is 10.5 Å². The predicted molar refractivity (Wildman–Crippen MR) is 75.2 cm³/mol. The lowest BCUT2D eigenvalue weighted by Gasteiger charge is -2.25. The molecule has 0 heterocycles. The van der Waals surface area contributed by atoms with E-state index in [9.17, 15) is 14.4 Å². The third-order valence-corrected chi connectivity index (χ3v) is 2.79. The molecule has 8 heteroatoms. The molecule has 0 spiro atoms. The average molecular weight is 315 g/mol. The fraction of sp³-hybridized carbons (Fsp3) is 0.308. The average Bonchev–Trinajstić information content (AvgIpc) is 2.35. The zero-order chi connectivity index (χ0) is 16.0. The molecule has 1 rings (SSSR count). The highest BCUT2D eigenvalue weighted by molar-refractivity contribution is 6.30. The Morgan fingerprint density at radius 1 is 1.14 bits per heavy atom. The Bertz CT molecular complexity index is 533. The SMILES string of the molecule is CN(Cc1cccc(Cl)c1)C(=O)N(CC(=O)O)CC(=O)O. The molecule has 0 unspecified atom stereocenters. The fourth-order valence-corrected chi connectivity index (χ4v) is 1.95. The number of urea groups is 1. The fourth-order valence-electron chi connectivity index (χ4n) is 1.74. The Balaban J connectivity index is 2.77. The van der Waals surface area contributed by atoms with Crippen molar-refractivity contribution in [2.45, 2.75) is 6.54 Å². The van der Waals surface area contributed by atoms with E-state index < -0.39 is 31.1 Å². The number of carboxylic acids is 2. The number of rotatable bonds is 6. The lowest BCUT2D eigenvalue weighted by molar-refractivity contribution is -0.140. The number of carboxylic acid groups (broad SMARTS) is 2. The van der Waals surface area contributed by atoms with Crippen LogP contribution in [0.4, 0.5) is 4.79 Å². The Morgan fingerprint density at radius 3 is 2.19 bits per heavy atom. The van der Waals surface area contributed by atoms with Crippen LogP contribution < -0.4 is 0 Å². The second-order valence-electron chi connectivity index (χ2n) is 4.41. The van der Waals surface area contributed by atoms with Gasteiger partial charge in [-0.15, -0.1) is 0 Å². The van der Waals surface area contributed by atoms with Crippen molar-refractivity contribution in [3.8, 4) is 0 Å². The van der Waals surface area contributed by atoms with Crippen LogP contribution in [-0.4, -0.2) is 58.1 Å². The quantitative estimate of drug-likeness (QED) is 0.826. The van der Waals surface area contributed by atoms with Crippen molar-refractivity contribution in [2.24, 2.45) is 0 Å². The zero-order valence-corrected chi connectivity index (χ0v) is 12.1. The Kier molecular flexibility index (Phi) is 5.98. The van der Waals surface area contributed by atoms with Gasteiger partial charge in [0, 0.05) is 18.6 Å². The summed E-state index contributed by atoms with van der Waals surface area (Å²) in [5.41, 5.74) is 0.754. The van der Waals surface area contributed by atoms with Crippen molar-refractivity contribution >= 4 is 29.6 Å². The Labute approximate surface area is 126 Å². The standard InChI is InChI=1S/C13H15ClN2O5/c1-15(6-9-3-2-4-10(14)5-9)13(21)16(7-11(17)18)8-12(19)20/h2-5H,6-8H2,1H3,(H,17,18)(H,19,20). The van der Waals surface area contributed by atoms with Crippen molar-refractivity contribution in [3.05, 3.63) is 34.9 Å². The molecule has 0 atom stereocenters. The maximum absolute atomic E-state index is 12.1. The molecule has 0 saturated heterocycles. The highest BCUT2D eigenvalue weighted by Gasteiger charge is 2.22. The van der Waals surface area contributed by atoms with Gasteiger partial charge in [0.2, 0.25) is 0 Å². The van der Waals surface area contributed by atoms with Gasteiger partial charge in [0.1, 0.15) is 13.1 Å². The molecular weight excluding hydrogens is 300 g/mol. The highest BCUT2D eigenvalue weighted by atomic mass is 35.5. The van der Waals surface area contributed by atoms with Gasteiger partial charge in [0.05, 0.1) is 0 Å². The molecule has 7 nitrogen and oxygen atoms in total. The van der Waals surface area contributed by atoms with Crippen LogP contribution in [-0.2, 0) is 16.1 Å². The van der Waals surface area contributed by atoms with Crippen molar-refractivity contribution in [2.75, 3.05) is 20.1 Å². The van der Waals surface area contributed by atoms with Crippen LogP contribution in [0.25, 0.3) is 0 Å². The molecule has 2 N–H and O–H groups in total. The van der Waals surface area contributed by atoms with Gasteiger partial charge in [0.15, 0.2) is 0 Å². The molecule has 1 aromatic carbocycles. The van der Waals surface area contributed by atoms with Gasteiger partial charge in [-0.1, -0.05) is 23.7 Å². The second-order valence-corrected chi connectivity index (χ2v) is 4.85. The van der Waals surface area contributed by atoms with E-state index in [2.05, 4.69) is 0 Å². The molecule has 0 aliphatic rings. The lowest BCUT2D eigenvalue weighted by atomic mass is 10.2. The van der Waals surface area contributed by atoms with E-state index in [4.69, 9.17) is 21.8 Å². The smallest absolute Gasteiger partial charge is 0.323 e. The molecular formula is C13H15ClN2O5. The summed E-state index contributed by atoms with van der Waals surface area (Å²) in [5, 5.41) is 18.0. The van der Waals surface area contributed by atoms with Gasteiger partial charge in [0.25, 0.3) is 0 Å². The van der Waals surface area contributed by atoms with E-state index in [1.165, 1.54) is 11.9 Å². The van der Waals surface area contributed by atoms with Gasteiger partial charge in [-0.2, -0.15) is 0 Å². The number of aliphatic carboxylic acids is 2. The number of halogens is 1. The first-order valence-electron chi connectivity index (χ1n) is 5.97. The van der Waals surface area contributed by atoms with Crippen molar-refractivity contribution in [1.82, 2.24) is 9.80 Å². The Hall–Kier alpha value is -2.28. The minimum absolute atomic E-state index is 0.190. The predicted octanol–water partition coefficient (Wildman–Crippen LogP) is 1.36. The number of hydrogen-bond donors (Lipinski definition) is 2. The first-order valence-corrected chi connectivity index (χ1v) is 6.35. The highest BCUT2D eigenvalue weighted by Crippen LogP contribution is 2.13. The maximum Gasteiger partial charge on any atom is 0.323 e. The summed E-state index contributed by atoms with van der Waals surface area (Å²) in [6.07, 6.45) is 0. The number of nitrogens with zero attached hydrogens (tertiary/aromatic N) is 2. The van der Waals surface area contributed by atoms with E-state index in [0.29, 0.717) is 5.02 Å². The van der Waals surface area contributed by atoms with E-state index in [-0.39, 0.29) is 6.54 Å². The summed E-state index contributed by atoms with van der Waals surface area (Å²) < 4.78 is 0. The summed E-state index contributed by atoms with van der Waals surface area (Å²) in [7, 11) is 1.46. The van der Waals surface area contributed by atoms with Crippen LogP contribution in [0, 0.1) is 0 Å². The van der Waals surface area contributed by atoms with Crippen LogP contribution in [0.3, 0.4) is 0 Å². The first-order chi connectivity index (χ1) is 9.79. The molecule has 21 heavy (non-hydrogen) atoms. The minimum atomic E-state index is -1.28. The molecule has 0 fully saturated rings. The first kappa shape index (κ1) is 16.8. The van der Waals surface area contributed by atoms with E-state index in [1.807, 2.05) is 0 Å². The monoisotopic (exact) mass is 314 g/mol. The largest absolute Gasteiger partial charge is 0.480 e. The minimum Gasteiger partial charge on any atom is -0.480 e. The van der Waals surface area contributed by atoms with Gasteiger partial charge < -0.3 is 20.0 Å². The molecule has 1 aromatic rings. The number of benzene rings is 1. The number of hydrogen-bond acceptors (Lipinski definition) is 3. The van der Waals surface area contributed by atoms with E-state index in [1.54, 1.807) is 24.3 Å². The summed E-state index contributed by atoms with van der Waals surface area (Å²) >= 11 is 5.84. The van der Waals surface area contributed by atoms with Gasteiger partial charge in [-0.25, -0.2) is 4.79 Å². The van der Waals surface area contributed by atoms with Crippen LogP contribution in [0.2, 0.25) is 5.02 Å². The summed E-state index contributed by atoms with van der Waals surface area (Å²) in [5.74, 6) is -2.55. The topological polar surface area (TPSA) is 98.2 Å². The van der Waals surface area contributed by atoms with Crippen LogP contribution in [0.1, 0.15) is 5.56 Å². The molecule has 0 radical (unpaired) electrons. The molecule has 0 bridgehead atoms. The normalized spacial score (nSPS) is 10.0. The third-order valence-electron chi connectivity index (χ3n) is 2.56. The van der Waals surface area contributed by atoms with Crippen LogP contribution in [0.5, 0.6) is 0 Å². The molecule has 0 aliphatic carbocycles. The molecule has 114 valence electrons. The van der Waals surface area contributed by atoms with Crippen LogP contribution in [0.15, 0.2) is 24.3 Å². The second kappa shape index (κ2) is 7.49. The van der Waals surface area contributed by atoms with Crippen molar-refractivity contribution in [1.29, 1.82) is 0 Å². The van der Waals surface area contributed by atoms with Gasteiger partial charge in [-0.05, 0) is 17.7 Å². The molecule has 2 amide bonds. The maximum atomic E-state index is 12.1. The lowest BCUT2D eigenvalue weighted by Crippen LogP contribution is -2.45. The van der Waals surface area contributed by atoms with Crippen LogP contribution >= 0.6 is 11.6 Å². The Morgan fingerprint density at radius 2 is 1.71 bits per heavy atom. The van der Waals surface area contributed by atoms with Crippen molar-refractivity contribution < 1.29 is 24.6 Å². The van der Waals surface area contributed by atoms with E-state index >= 15 is 0 Å². The summed E-state index contributed by atoms with van der Waals surface area (Å²) in [6, 6.07) is 6.16. The third kappa shape index (κ3) is 5.70. The number of carbonyl (C=O) groups excluding carboxylic acids is 1. The van der Waals surface area contributed by atoms with Crippen molar-refractivity contribution in [3.63, 3.8) is 0 Å². The van der Waals surface area contributed by atoms with Gasteiger partial charge >= 0.3 is 18.0 Å². The number of carbonyl (C=O) groups is 3.